The number of benzene rings is 1. The lowest BCUT2D eigenvalue weighted by Crippen LogP contribution is -2.36. The van der Waals surface area contributed by atoms with Crippen molar-refractivity contribution in [1.29, 1.82) is 0 Å². The number of carbonyl (C=O) groups is 2. The van der Waals surface area contributed by atoms with E-state index in [2.05, 4.69) is 25.3 Å². The van der Waals surface area contributed by atoms with E-state index >= 15 is 0 Å². The number of nitrogens with zero attached hydrogens (tertiary/aromatic N) is 2. The molecule has 150 valence electrons. The number of hydrogen-bond acceptors (Lipinski definition) is 8. The Morgan fingerprint density at radius 3 is 2.25 bits per heavy atom. The number of amides is 2. The van der Waals surface area contributed by atoms with Gasteiger partial charge in [-0.1, -0.05) is 18.2 Å². The highest BCUT2D eigenvalue weighted by molar-refractivity contribution is 7.79. The predicted molar refractivity (Wildman–Crippen MR) is 98.6 cm³/mol. The van der Waals surface area contributed by atoms with Crippen molar-refractivity contribution in [3.05, 3.63) is 41.5 Å². The van der Waals surface area contributed by atoms with Crippen molar-refractivity contribution in [3.63, 3.8) is 0 Å². The van der Waals surface area contributed by atoms with E-state index in [1.165, 1.54) is 39.5 Å². The number of carbonyl (C=O) groups excluding carboxylic acids is 2. The highest BCUT2D eigenvalue weighted by Gasteiger charge is 2.26. The second-order valence-electron chi connectivity index (χ2n) is 5.11. The number of ether oxygens (including phenoxy) is 3. The highest BCUT2D eigenvalue weighted by atomic mass is 32.2. The third kappa shape index (κ3) is 5.14. The van der Waals surface area contributed by atoms with E-state index in [-0.39, 0.29) is 28.8 Å². The summed E-state index contributed by atoms with van der Waals surface area (Å²) >= 11 is -2.54. The van der Waals surface area contributed by atoms with Gasteiger partial charge in [-0.25, -0.2) is 13.8 Å². The van der Waals surface area contributed by atoms with Crippen LogP contribution in [0, 0.1) is 0 Å². The van der Waals surface area contributed by atoms with Crippen LogP contribution >= 0.6 is 0 Å². The first-order valence-electron chi connectivity index (χ1n) is 7.71. The number of urea groups is 1. The van der Waals surface area contributed by atoms with E-state index in [1.54, 1.807) is 12.1 Å². The monoisotopic (exact) mass is 410 g/mol. The Kier molecular flexibility index (Phi) is 7.23. The Hall–Kier alpha value is -3.25. The van der Waals surface area contributed by atoms with Crippen molar-refractivity contribution in [2.75, 3.05) is 26.6 Å². The number of nitrogens with one attached hydrogen (secondary N) is 2. The van der Waals surface area contributed by atoms with Gasteiger partial charge in [0.2, 0.25) is 17.7 Å². The summed E-state index contributed by atoms with van der Waals surface area (Å²) in [5.41, 5.74) is 0.145. The number of aromatic nitrogens is 2. The van der Waals surface area contributed by atoms with Crippen molar-refractivity contribution in [2.24, 2.45) is 0 Å². The summed E-state index contributed by atoms with van der Waals surface area (Å²) in [6.07, 6.45) is 0. The molecule has 0 saturated heterocycles. The number of anilines is 1. The summed E-state index contributed by atoms with van der Waals surface area (Å²) in [5, 5.41) is 3.21. The number of methoxy groups -OCH3 is 3. The van der Waals surface area contributed by atoms with Gasteiger partial charge in [-0.2, -0.15) is 9.97 Å². The fourth-order valence-electron chi connectivity index (χ4n) is 2.18. The van der Waals surface area contributed by atoms with Crippen molar-refractivity contribution in [2.45, 2.75) is 5.37 Å². The molecule has 1 aromatic carbocycles. The molecule has 0 bridgehead atoms. The number of esters is 1. The van der Waals surface area contributed by atoms with Gasteiger partial charge in [0.15, 0.2) is 16.5 Å². The first-order chi connectivity index (χ1) is 13.4. The van der Waals surface area contributed by atoms with Crippen LogP contribution in [0.1, 0.15) is 21.3 Å². The third-order valence-electron chi connectivity index (χ3n) is 3.44. The smallest absolute Gasteiger partial charge is 0.338 e. The van der Waals surface area contributed by atoms with Crippen LogP contribution in [0.25, 0.3) is 0 Å². The highest BCUT2D eigenvalue weighted by Crippen LogP contribution is 2.22. The van der Waals surface area contributed by atoms with Crippen LogP contribution in [-0.4, -0.2) is 52.1 Å². The van der Waals surface area contributed by atoms with Crippen LogP contribution in [-0.2, 0) is 15.8 Å². The van der Waals surface area contributed by atoms with Crippen LogP contribution in [0.15, 0.2) is 30.3 Å². The number of hydrogen-bond donors (Lipinski definition) is 3. The van der Waals surface area contributed by atoms with Gasteiger partial charge < -0.3 is 24.1 Å². The van der Waals surface area contributed by atoms with Crippen molar-refractivity contribution in [3.8, 4) is 11.8 Å². The summed E-state index contributed by atoms with van der Waals surface area (Å²) in [4.78, 5) is 32.1. The molecule has 12 heteroatoms. The molecule has 11 nitrogen and oxygen atoms in total. The Morgan fingerprint density at radius 1 is 1.11 bits per heavy atom. The van der Waals surface area contributed by atoms with E-state index in [0.29, 0.717) is 0 Å². The zero-order chi connectivity index (χ0) is 20.7. The number of rotatable bonds is 7. The maximum atomic E-state index is 12.3. The van der Waals surface area contributed by atoms with E-state index in [1.807, 2.05) is 0 Å². The molecule has 0 fully saturated rings. The molecule has 2 unspecified atom stereocenters. The van der Waals surface area contributed by atoms with Crippen LogP contribution in [0.5, 0.6) is 11.8 Å². The van der Waals surface area contributed by atoms with E-state index in [9.17, 15) is 18.4 Å². The lowest BCUT2D eigenvalue weighted by molar-refractivity contribution is 0.0599. The van der Waals surface area contributed by atoms with E-state index in [0.717, 1.165) is 0 Å². The predicted octanol–water partition coefficient (Wildman–Crippen LogP) is 1.32. The summed E-state index contributed by atoms with van der Waals surface area (Å²) in [6, 6.07) is 6.47. The van der Waals surface area contributed by atoms with E-state index < -0.39 is 28.5 Å². The molecule has 2 rings (SSSR count). The molecule has 2 amide bonds. The van der Waals surface area contributed by atoms with Crippen molar-refractivity contribution >= 4 is 29.0 Å². The van der Waals surface area contributed by atoms with Gasteiger partial charge in [-0.15, -0.1) is 0 Å². The minimum absolute atomic E-state index is 0.0389. The minimum Gasteiger partial charge on any atom is -0.481 e. The molecule has 2 atom stereocenters. The largest absolute Gasteiger partial charge is 0.481 e. The Morgan fingerprint density at radius 2 is 1.71 bits per heavy atom. The molecule has 2 aromatic rings. The van der Waals surface area contributed by atoms with Crippen molar-refractivity contribution < 1.29 is 32.6 Å². The molecular formula is C16H18N4O7S. The first kappa shape index (κ1) is 21.1. The zero-order valence-corrected chi connectivity index (χ0v) is 16.0. The molecular weight excluding hydrogens is 392 g/mol. The molecule has 0 saturated carbocycles. The Bertz CT molecular complexity index is 871. The van der Waals surface area contributed by atoms with Gasteiger partial charge in [0.05, 0.1) is 33.0 Å². The summed E-state index contributed by atoms with van der Waals surface area (Å²) in [6.45, 7) is 0. The van der Waals surface area contributed by atoms with Crippen LogP contribution in [0.3, 0.4) is 0 Å². The fraction of sp³-hybridized carbons (Fsp3) is 0.250. The molecule has 0 aliphatic rings. The normalized spacial score (nSPS) is 12.4. The summed E-state index contributed by atoms with van der Waals surface area (Å²) in [5.74, 6) is -0.590. The molecule has 3 N–H and O–H groups in total. The quantitative estimate of drug-likeness (QED) is 0.454. The molecule has 28 heavy (non-hydrogen) atoms. The fourth-order valence-corrected chi connectivity index (χ4v) is 2.81. The van der Waals surface area contributed by atoms with Gasteiger partial charge in [-0.3, -0.25) is 5.32 Å². The minimum atomic E-state index is -2.54. The lowest BCUT2D eigenvalue weighted by Gasteiger charge is -2.18. The van der Waals surface area contributed by atoms with Crippen molar-refractivity contribution in [1.82, 2.24) is 15.3 Å². The topological polar surface area (TPSA) is 149 Å². The van der Waals surface area contributed by atoms with Crippen LogP contribution in [0.2, 0.25) is 0 Å². The molecule has 1 heterocycles. The lowest BCUT2D eigenvalue weighted by atomic mass is 10.1. The molecule has 0 spiro atoms. The second kappa shape index (κ2) is 9.62. The average Bonchev–Trinajstić information content (AvgIpc) is 2.70. The van der Waals surface area contributed by atoms with E-state index in [4.69, 9.17) is 9.47 Å². The van der Waals surface area contributed by atoms with Crippen LogP contribution < -0.4 is 20.1 Å². The Balaban J connectivity index is 2.26. The Labute approximate surface area is 162 Å². The van der Waals surface area contributed by atoms with Gasteiger partial charge in [0.1, 0.15) is 0 Å². The standard InChI is InChI=1S/C16H18N4O7S/c1-25-11-8-12(26-2)18-15(17-11)20-16(22)19-13(28(23)24)9-6-4-5-7-10(9)14(21)27-3/h4-8,13H,1-3H3,(H,23,24)(H2,17,18,19,20,22). The molecule has 0 aliphatic carbocycles. The zero-order valence-electron chi connectivity index (χ0n) is 15.2. The molecule has 0 radical (unpaired) electrons. The van der Waals surface area contributed by atoms with Crippen LogP contribution in [0.4, 0.5) is 10.7 Å². The van der Waals surface area contributed by atoms with Gasteiger partial charge in [0.25, 0.3) is 0 Å². The SMILES string of the molecule is COC(=O)c1ccccc1C(NC(=O)Nc1nc(OC)cc(OC)n1)S(=O)O. The van der Waals surface area contributed by atoms with Gasteiger partial charge in [-0.05, 0) is 6.07 Å². The maximum Gasteiger partial charge on any atom is 0.338 e. The second-order valence-corrected chi connectivity index (χ2v) is 6.13. The van der Waals surface area contributed by atoms with Gasteiger partial charge >= 0.3 is 12.0 Å². The third-order valence-corrected chi connectivity index (χ3v) is 4.21. The average molecular weight is 410 g/mol. The maximum absolute atomic E-state index is 12.3. The van der Waals surface area contributed by atoms with Gasteiger partial charge in [0, 0.05) is 5.56 Å². The molecule has 0 aliphatic heterocycles. The summed E-state index contributed by atoms with van der Waals surface area (Å²) in [7, 11) is 3.93. The molecule has 1 aromatic heterocycles. The summed E-state index contributed by atoms with van der Waals surface area (Å²) < 4.78 is 36.0. The first-order valence-corrected chi connectivity index (χ1v) is 8.88.